The molecule has 1 aliphatic heterocycles. The van der Waals surface area contributed by atoms with Crippen molar-refractivity contribution in [3.05, 3.63) is 23.8 Å². The molecule has 0 bridgehead atoms. The minimum Gasteiger partial charge on any atom is -0.468 e. The fraction of sp³-hybridized carbons (Fsp3) is 0.333. The van der Waals surface area contributed by atoms with Crippen LogP contribution >= 0.6 is 0 Å². The molecular weight excluding hydrogens is 220 g/mol. The number of amides is 1. The average Bonchev–Trinajstić information content (AvgIpc) is 2.35. The van der Waals surface area contributed by atoms with Crippen molar-refractivity contribution < 1.29 is 14.3 Å². The summed E-state index contributed by atoms with van der Waals surface area (Å²) in [6.07, 6.45) is 1.24. The van der Waals surface area contributed by atoms with Gasteiger partial charge in [-0.15, -0.1) is 0 Å². The van der Waals surface area contributed by atoms with Crippen molar-refractivity contribution in [2.45, 2.75) is 12.8 Å². The lowest BCUT2D eigenvalue weighted by atomic mass is 10.0. The van der Waals surface area contributed by atoms with Crippen molar-refractivity contribution in [3.8, 4) is 0 Å². The van der Waals surface area contributed by atoms with Crippen LogP contribution in [-0.4, -0.2) is 25.5 Å². The molecule has 0 fully saturated rings. The van der Waals surface area contributed by atoms with Gasteiger partial charge in [-0.25, -0.2) is 0 Å². The molecule has 0 saturated heterocycles. The molecule has 0 aromatic heterocycles. The minimum absolute atomic E-state index is 0.0489. The van der Waals surface area contributed by atoms with Crippen LogP contribution in [0, 0.1) is 0 Å². The Balaban J connectivity index is 2.06. The lowest BCUT2D eigenvalue weighted by Crippen LogP contribution is -2.19. The number of esters is 1. The van der Waals surface area contributed by atoms with Gasteiger partial charge in [-0.05, 0) is 30.2 Å². The number of carbonyl (C=O) groups is 2. The summed E-state index contributed by atoms with van der Waals surface area (Å²) in [6, 6.07) is 5.61. The fourth-order valence-corrected chi connectivity index (χ4v) is 1.74. The summed E-state index contributed by atoms with van der Waals surface area (Å²) < 4.78 is 4.54. The Hall–Kier alpha value is -2.04. The monoisotopic (exact) mass is 234 g/mol. The van der Waals surface area contributed by atoms with Crippen LogP contribution in [0.4, 0.5) is 11.4 Å². The maximum atomic E-state index is 11.2. The molecule has 0 aliphatic carbocycles. The third kappa shape index (κ3) is 2.75. The van der Waals surface area contributed by atoms with Gasteiger partial charge in [0.1, 0.15) is 6.54 Å². The Morgan fingerprint density at radius 1 is 1.47 bits per heavy atom. The number of rotatable bonds is 3. The van der Waals surface area contributed by atoms with E-state index < -0.39 is 0 Å². The lowest BCUT2D eigenvalue weighted by Gasteiger charge is -2.17. The smallest absolute Gasteiger partial charge is 0.325 e. The number of anilines is 2. The predicted octanol–water partition coefficient (Wildman–Crippen LogP) is 1.16. The molecule has 17 heavy (non-hydrogen) atoms. The molecule has 2 N–H and O–H groups in total. The summed E-state index contributed by atoms with van der Waals surface area (Å²) in [4.78, 5) is 22.2. The summed E-state index contributed by atoms with van der Waals surface area (Å²) in [5, 5.41) is 5.77. The Morgan fingerprint density at radius 2 is 2.29 bits per heavy atom. The number of hydrogen-bond acceptors (Lipinski definition) is 4. The Kier molecular flexibility index (Phi) is 3.27. The molecule has 5 nitrogen and oxygen atoms in total. The third-order valence-electron chi connectivity index (χ3n) is 2.67. The van der Waals surface area contributed by atoms with E-state index in [0.717, 1.165) is 23.4 Å². The van der Waals surface area contributed by atoms with Crippen LogP contribution in [0.15, 0.2) is 18.2 Å². The summed E-state index contributed by atoms with van der Waals surface area (Å²) >= 11 is 0. The van der Waals surface area contributed by atoms with Gasteiger partial charge >= 0.3 is 5.97 Å². The molecule has 0 saturated carbocycles. The zero-order valence-corrected chi connectivity index (χ0v) is 9.58. The molecule has 1 aliphatic rings. The van der Waals surface area contributed by atoms with E-state index in [1.165, 1.54) is 7.11 Å². The van der Waals surface area contributed by atoms with E-state index in [2.05, 4.69) is 15.4 Å². The van der Waals surface area contributed by atoms with E-state index in [9.17, 15) is 9.59 Å². The Labute approximate surface area is 99.2 Å². The van der Waals surface area contributed by atoms with Crippen LogP contribution in [0.3, 0.4) is 0 Å². The van der Waals surface area contributed by atoms with Gasteiger partial charge in [0.05, 0.1) is 7.11 Å². The number of carbonyl (C=O) groups excluding carboxylic acids is 2. The van der Waals surface area contributed by atoms with Crippen LogP contribution in [-0.2, 0) is 20.7 Å². The van der Waals surface area contributed by atoms with Gasteiger partial charge in [-0.3, -0.25) is 9.59 Å². The normalized spacial score (nSPS) is 13.6. The standard InChI is InChI=1S/C12H14N2O3/c1-17-12(16)7-13-9-3-4-10-8(6-9)2-5-11(15)14-10/h3-4,6,13H,2,5,7H2,1H3,(H,14,15). The van der Waals surface area contributed by atoms with Gasteiger partial charge in [0.15, 0.2) is 0 Å². The van der Waals surface area contributed by atoms with Crippen LogP contribution in [0.25, 0.3) is 0 Å². The number of aryl methyl sites for hydroxylation is 1. The highest BCUT2D eigenvalue weighted by Crippen LogP contribution is 2.25. The third-order valence-corrected chi connectivity index (χ3v) is 2.67. The van der Waals surface area contributed by atoms with Crippen molar-refractivity contribution in [2.24, 2.45) is 0 Å². The molecule has 0 radical (unpaired) electrons. The summed E-state index contributed by atoms with van der Waals surface area (Å²) in [6.45, 7) is 0.141. The van der Waals surface area contributed by atoms with Crippen molar-refractivity contribution >= 4 is 23.3 Å². The first-order valence-corrected chi connectivity index (χ1v) is 5.42. The van der Waals surface area contributed by atoms with Gasteiger partial charge in [0.2, 0.25) is 5.91 Å². The predicted molar refractivity (Wildman–Crippen MR) is 63.9 cm³/mol. The van der Waals surface area contributed by atoms with Crippen molar-refractivity contribution in [1.29, 1.82) is 0 Å². The van der Waals surface area contributed by atoms with E-state index in [0.29, 0.717) is 6.42 Å². The van der Waals surface area contributed by atoms with Crippen molar-refractivity contribution in [1.82, 2.24) is 0 Å². The van der Waals surface area contributed by atoms with E-state index in [1.807, 2.05) is 18.2 Å². The molecule has 0 unspecified atom stereocenters. The van der Waals surface area contributed by atoms with E-state index in [-0.39, 0.29) is 18.4 Å². The number of fused-ring (bicyclic) bond motifs is 1. The van der Waals surface area contributed by atoms with Crippen LogP contribution in [0.2, 0.25) is 0 Å². The minimum atomic E-state index is -0.309. The molecule has 0 atom stereocenters. The quantitative estimate of drug-likeness (QED) is 0.770. The van der Waals surface area contributed by atoms with E-state index >= 15 is 0 Å². The Bertz CT molecular complexity index is 457. The summed E-state index contributed by atoms with van der Waals surface area (Å²) in [7, 11) is 1.35. The number of benzene rings is 1. The zero-order chi connectivity index (χ0) is 12.3. The van der Waals surface area contributed by atoms with Crippen LogP contribution in [0.1, 0.15) is 12.0 Å². The van der Waals surface area contributed by atoms with Gasteiger partial charge in [-0.1, -0.05) is 0 Å². The molecule has 1 heterocycles. The van der Waals surface area contributed by atoms with Gasteiger partial charge in [0, 0.05) is 17.8 Å². The summed E-state index contributed by atoms with van der Waals surface area (Å²) in [5.74, 6) is -0.260. The molecule has 5 heteroatoms. The maximum Gasteiger partial charge on any atom is 0.325 e. The highest BCUT2D eigenvalue weighted by atomic mass is 16.5. The van der Waals surface area contributed by atoms with Crippen LogP contribution in [0.5, 0.6) is 0 Å². The number of methoxy groups -OCH3 is 1. The summed E-state index contributed by atoms with van der Waals surface area (Å²) in [5.41, 5.74) is 2.79. The Morgan fingerprint density at radius 3 is 3.06 bits per heavy atom. The molecule has 1 aromatic carbocycles. The van der Waals surface area contributed by atoms with Gasteiger partial charge < -0.3 is 15.4 Å². The number of ether oxygens (including phenoxy) is 1. The first-order chi connectivity index (χ1) is 8.19. The molecular formula is C12H14N2O3. The van der Waals surface area contributed by atoms with E-state index in [1.54, 1.807) is 0 Å². The van der Waals surface area contributed by atoms with E-state index in [4.69, 9.17) is 0 Å². The fourth-order valence-electron chi connectivity index (χ4n) is 1.74. The topological polar surface area (TPSA) is 67.4 Å². The molecule has 1 aromatic rings. The second-order valence-corrected chi connectivity index (χ2v) is 3.85. The highest BCUT2D eigenvalue weighted by molar-refractivity contribution is 5.94. The number of nitrogens with one attached hydrogen (secondary N) is 2. The molecule has 90 valence electrons. The van der Waals surface area contributed by atoms with Crippen molar-refractivity contribution in [2.75, 3.05) is 24.3 Å². The van der Waals surface area contributed by atoms with Crippen molar-refractivity contribution in [3.63, 3.8) is 0 Å². The molecule has 2 rings (SSSR count). The second-order valence-electron chi connectivity index (χ2n) is 3.85. The van der Waals surface area contributed by atoms with Gasteiger partial charge in [-0.2, -0.15) is 0 Å². The largest absolute Gasteiger partial charge is 0.468 e. The second kappa shape index (κ2) is 4.86. The SMILES string of the molecule is COC(=O)CNc1ccc2c(c1)CCC(=O)N2. The molecule has 0 spiro atoms. The number of hydrogen-bond donors (Lipinski definition) is 2. The van der Waals surface area contributed by atoms with Gasteiger partial charge in [0.25, 0.3) is 0 Å². The highest BCUT2D eigenvalue weighted by Gasteiger charge is 2.14. The first-order valence-electron chi connectivity index (χ1n) is 5.42. The maximum absolute atomic E-state index is 11.2. The van der Waals surface area contributed by atoms with Crippen LogP contribution < -0.4 is 10.6 Å². The average molecular weight is 234 g/mol. The first kappa shape index (κ1) is 11.4. The molecule has 1 amide bonds. The zero-order valence-electron chi connectivity index (χ0n) is 9.58. The lowest BCUT2D eigenvalue weighted by molar-refractivity contribution is -0.138.